The van der Waals surface area contributed by atoms with Crippen LogP contribution in [0.1, 0.15) is 25.1 Å². The van der Waals surface area contributed by atoms with Gasteiger partial charge in [-0.1, -0.05) is 49.4 Å². The van der Waals surface area contributed by atoms with Gasteiger partial charge in [0.2, 0.25) is 0 Å². The molecule has 0 atom stereocenters. The standard InChI is InChI=1S/C13H18N4/c1-13(2,11-6-4-3-5-7-11)10-17-9-12(8-14)15-16-17/h3-7,9H,8,10,14H2,1-2H3. The average molecular weight is 230 g/mol. The Morgan fingerprint density at radius 1 is 1.24 bits per heavy atom. The van der Waals surface area contributed by atoms with Gasteiger partial charge in [-0.05, 0) is 5.56 Å². The van der Waals surface area contributed by atoms with Crippen molar-refractivity contribution in [1.29, 1.82) is 0 Å². The molecule has 0 saturated heterocycles. The van der Waals surface area contributed by atoms with Crippen LogP contribution in [0.3, 0.4) is 0 Å². The number of nitrogens with zero attached hydrogens (tertiary/aromatic N) is 3. The van der Waals surface area contributed by atoms with E-state index >= 15 is 0 Å². The topological polar surface area (TPSA) is 56.7 Å². The maximum Gasteiger partial charge on any atom is 0.0962 e. The summed E-state index contributed by atoms with van der Waals surface area (Å²) in [5.41, 5.74) is 7.67. The van der Waals surface area contributed by atoms with Crippen LogP contribution in [0.5, 0.6) is 0 Å². The first-order chi connectivity index (χ1) is 8.12. The van der Waals surface area contributed by atoms with Gasteiger partial charge < -0.3 is 5.73 Å². The molecule has 90 valence electrons. The lowest BCUT2D eigenvalue weighted by atomic mass is 9.85. The van der Waals surface area contributed by atoms with Crippen LogP contribution in [0, 0.1) is 0 Å². The van der Waals surface area contributed by atoms with Crippen LogP contribution in [-0.4, -0.2) is 15.0 Å². The molecule has 0 amide bonds. The van der Waals surface area contributed by atoms with Gasteiger partial charge >= 0.3 is 0 Å². The van der Waals surface area contributed by atoms with Crippen molar-refractivity contribution in [2.45, 2.75) is 32.4 Å². The molecule has 2 N–H and O–H groups in total. The Kier molecular flexibility index (Phi) is 3.24. The molecule has 0 bridgehead atoms. The second kappa shape index (κ2) is 4.67. The van der Waals surface area contributed by atoms with Gasteiger partial charge in [0.25, 0.3) is 0 Å². The zero-order valence-corrected chi connectivity index (χ0v) is 10.3. The highest BCUT2D eigenvalue weighted by Crippen LogP contribution is 2.24. The summed E-state index contributed by atoms with van der Waals surface area (Å²) in [6.07, 6.45) is 1.91. The lowest BCUT2D eigenvalue weighted by Crippen LogP contribution is -2.24. The van der Waals surface area contributed by atoms with Crippen molar-refractivity contribution in [1.82, 2.24) is 15.0 Å². The molecule has 0 fully saturated rings. The number of nitrogens with two attached hydrogens (primary N) is 1. The van der Waals surface area contributed by atoms with Gasteiger partial charge in [0.15, 0.2) is 0 Å². The molecular weight excluding hydrogens is 212 g/mol. The minimum absolute atomic E-state index is 0.0286. The third kappa shape index (κ3) is 2.71. The third-order valence-corrected chi connectivity index (χ3v) is 2.91. The summed E-state index contributed by atoms with van der Waals surface area (Å²) in [6.45, 7) is 5.63. The highest BCUT2D eigenvalue weighted by Gasteiger charge is 2.21. The van der Waals surface area contributed by atoms with E-state index in [1.807, 2.05) is 16.9 Å². The van der Waals surface area contributed by atoms with E-state index in [1.165, 1.54) is 5.56 Å². The average Bonchev–Trinajstić information content (AvgIpc) is 2.77. The van der Waals surface area contributed by atoms with Crippen LogP contribution in [0.4, 0.5) is 0 Å². The predicted molar refractivity (Wildman–Crippen MR) is 67.4 cm³/mol. The van der Waals surface area contributed by atoms with Crippen LogP contribution >= 0.6 is 0 Å². The number of hydrogen-bond acceptors (Lipinski definition) is 3. The summed E-state index contributed by atoms with van der Waals surface area (Å²) in [5.74, 6) is 0. The number of aromatic nitrogens is 3. The van der Waals surface area contributed by atoms with E-state index in [0.717, 1.165) is 12.2 Å². The molecule has 0 saturated carbocycles. The van der Waals surface area contributed by atoms with Gasteiger partial charge in [0, 0.05) is 18.2 Å². The third-order valence-electron chi connectivity index (χ3n) is 2.91. The van der Waals surface area contributed by atoms with Crippen molar-refractivity contribution in [2.24, 2.45) is 5.73 Å². The fraction of sp³-hybridized carbons (Fsp3) is 0.385. The van der Waals surface area contributed by atoms with E-state index in [2.05, 4.69) is 48.4 Å². The maximum absolute atomic E-state index is 5.52. The van der Waals surface area contributed by atoms with Crippen LogP contribution in [-0.2, 0) is 18.5 Å². The van der Waals surface area contributed by atoms with E-state index < -0.39 is 0 Å². The fourth-order valence-corrected chi connectivity index (χ4v) is 1.89. The molecule has 17 heavy (non-hydrogen) atoms. The Morgan fingerprint density at radius 2 is 1.94 bits per heavy atom. The molecule has 0 aliphatic carbocycles. The zero-order chi connectivity index (χ0) is 12.3. The second-order valence-corrected chi connectivity index (χ2v) is 4.86. The molecule has 0 unspecified atom stereocenters. The van der Waals surface area contributed by atoms with Gasteiger partial charge in [-0.3, -0.25) is 4.68 Å². The normalized spacial score (nSPS) is 11.7. The monoisotopic (exact) mass is 230 g/mol. The number of hydrogen-bond donors (Lipinski definition) is 1. The van der Waals surface area contributed by atoms with Gasteiger partial charge in [-0.15, -0.1) is 5.10 Å². The first kappa shape index (κ1) is 11.8. The van der Waals surface area contributed by atoms with Crippen molar-refractivity contribution >= 4 is 0 Å². The van der Waals surface area contributed by atoms with Gasteiger partial charge in [0.05, 0.1) is 12.2 Å². The molecule has 2 aromatic rings. The molecule has 1 aromatic heterocycles. The predicted octanol–water partition coefficient (Wildman–Crippen LogP) is 1.71. The largest absolute Gasteiger partial charge is 0.325 e. The molecule has 4 heteroatoms. The van der Waals surface area contributed by atoms with E-state index in [0.29, 0.717) is 6.54 Å². The lowest BCUT2D eigenvalue weighted by molar-refractivity contribution is 0.401. The Morgan fingerprint density at radius 3 is 2.53 bits per heavy atom. The van der Waals surface area contributed by atoms with E-state index in [9.17, 15) is 0 Å². The molecule has 0 aliphatic rings. The smallest absolute Gasteiger partial charge is 0.0962 e. The Labute approximate surface area is 101 Å². The van der Waals surface area contributed by atoms with Crippen LogP contribution in [0.15, 0.2) is 36.5 Å². The number of rotatable bonds is 4. The fourth-order valence-electron chi connectivity index (χ4n) is 1.89. The lowest BCUT2D eigenvalue weighted by Gasteiger charge is -2.24. The first-order valence-electron chi connectivity index (χ1n) is 5.76. The Balaban J connectivity index is 2.17. The van der Waals surface area contributed by atoms with E-state index in [1.54, 1.807) is 0 Å². The molecule has 2 rings (SSSR count). The zero-order valence-electron chi connectivity index (χ0n) is 10.3. The summed E-state index contributed by atoms with van der Waals surface area (Å²) in [5, 5.41) is 8.08. The van der Waals surface area contributed by atoms with Crippen molar-refractivity contribution in [3.63, 3.8) is 0 Å². The summed E-state index contributed by atoms with van der Waals surface area (Å²) in [6, 6.07) is 10.4. The second-order valence-electron chi connectivity index (χ2n) is 4.86. The molecule has 0 spiro atoms. The molecule has 0 aliphatic heterocycles. The van der Waals surface area contributed by atoms with Crippen molar-refractivity contribution < 1.29 is 0 Å². The van der Waals surface area contributed by atoms with Crippen molar-refractivity contribution in [2.75, 3.05) is 0 Å². The highest BCUT2D eigenvalue weighted by atomic mass is 15.4. The summed E-state index contributed by atoms with van der Waals surface area (Å²) in [4.78, 5) is 0. The Hall–Kier alpha value is -1.68. The van der Waals surface area contributed by atoms with Crippen LogP contribution in [0.2, 0.25) is 0 Å². The molecule has 1 aromatic carbocycles. The summed E-state index contributed by atoms with van der Waals surface area (Å²) < 4.78 is 1.86. The Bertz CT molecular complexity index is 473. The summed E-state index contributed by atoms with van der Waals surface area (Å²) in [7, 11) is 0. The van der Waals surface area contributed by atoms with Gasteiger partial charge in [-0.25, -0.2) is 0 Å². The number of benzene rings is 1. The maximum atomic E-state index is 5.52. The highest BCUT2D eigenvalue weighted by molar-refractivity contribution is 5.23. The van der Waals surface area contributed by atoms with Crippen LogP contribution < -0.4 is 5.73 Å². The molecule has 4 nitrogen and oxygen atoms in total. The minimum Gasteiger partial charge on any atom is -0.325 e. The summed E-state index contributed by atoms with van der Waals surface area (Å²) >= 11 is 0. The SMILES string of the molecule is CC(C)(Cn1cc(CN)nn1)c1ccccc1. The van der Waals surface area contributed by atoms with Crippen molar-refractivity contribution in [3.8, 4) is 0 Å². The van der Waals surface area contributed by atoms with Gasteiger partial charge in [0.1, 0.15) is 0 Å². The molecule has 0 radical (unpaired) electrons. The molecule has 1 heterocycles. The minimum atomic E-state index is 0.0286. The molecular formula is C13H18N4. The van der Waals surface area contributed by atoms with Gasteiger partial charge in [-0.2, -0.15) is 0 Å². The quantitative estimate of drug-likeness (QED) is 0.870. The van der Waals surface area contributed by atoms with E-state index in [4.69, 9.17) is 5.73 Å². The van der Waals surface area contributed by atoms with Crippen molar-refractivity contribution in [3.05, 3.63) is 47.8 Å². The van der Waals surface area contributed by atoms with E-state index in [-0.39, 0.29) is 5.41 Å². The van der Waals surface area contributed by atoms with Crippen LogP contribution in [0.25, 0.3) is 0 Å². The first-order valence-corrected chi connectivity index (χ1v) is 5.76.